The first-order valence-electron chi connectivity index (χ1n) is 5.68. The molecular weight excluding hydrogens is 367 g/mol. The van der Waals surface area contributed by atoms with Gasteiger partial charge >= 0.3 is 0 Å². The van der Waals surface area contributed by atoms with Crippen LogP contribution in [0.4, 0.5) is 0 Å². The van der Waals surface area contributed by atoms with Crippen LogP contribution in [0, 0.1) is 13.8 Å². The van der Waals surface area contributed by atoms with Crippen LogP contribution < -0.4 is 4.74 Å². The maximum atomic E-state index is 6.21. The minimum absolute atomic E-state index is 0.0343. The van der Waals surface area contributed by atoms with Gasteiger partial charge in [0.1, 0.15) is 5.75 Å². The van der Waals surface area contributed by atoms with Crippen molar-refractivity contribution in [3.63, 3.8) is 0 Å². The Morgan fingerprint density at radius 2 is 1.74 bits per heavy atom. The van der Waals surface area contributed by atoms with Crippen LogP contribution in [0.5, 0.6) is 5.75 Å². The van der Waals surface area contributed by atoms with Crippen LogP contribution in [-0.2, 0) is 0 Å². The van der Waals surface area contributed by atoms with Crippen molar-refractivity contribution in [3.8, 4) is 5.75 Å². The van der Waals surface area contributed by atoms with Gasteiger partial charge in [0.05, 0.1) is 20.6 Å². The Bertz CT molecular complexity index is 586. The second-order valence-corrected chi connectivity index (χ2v) is 7.53. The SMILES string of the molecule is COc1c(C)cc(C(Br)c2cc(Cl)sc2Cl)cc1C. The third kappa shape index (κ3) is 3.10. The fraction of sp³-hybridized carbons (Fsp3) is 0.286. The first-order chi connectivity index (χ1) is 8.93. The normalized spacial score (nSPS) is 12.5. The standard InChI is InChI=1S/C14H13BrCl2OS/c1-7-4-9(5-8(2)13(7)18-3)12(15)10-6-11(16)19-14(10)17/h4-6,12H,1-3H3. The van der Waals surface area contributed by atoms with E-state index in [0.29, 0.717) is 4.34 Å². The zero-order valence-electron chi connectivity index (χ0n) is 10.8. The summed E-state index contributed by atoms with van der Waals surface area (Å²) in [6.45, 7) is 4.08. The molecule has 1 aromatic heterocycles. The third-order valence-corrected chi connectivity index (χ3v) is 5.48. The highest BCUT2D eigenvalue weighted by Crippen LogP contribution is 2.42. The van der Waals surface area contributed by atoms with Gasteiger partial charge < -0.3 is 4.74 Å². The Labute approximate surface area is 135 Å². The van der Waals surface area contributed by atoms with Crippen molar-refractivity contribution in [2.45, 2.75) is 18.7 Å². The van der Waals surface area contributed by atoms with E-state index in [9.17, 15) is 0 Å². The zero-order chi connectivity index (χ0) is 14.2. The third-order valence-electron chi connectivity index (χ3n) is 2.94. The number of hydrogen-bond acceptors (Lipinski definition) is 2. The molecule has 19 heavy (non-hydrogen) atoms. The lowest BCUT2D eigenvalue weighted by Crippen LogP contribution is -1.97. The highest BCUT2D eigenvalue weighted by atomic mass is 79.9. The predicted octanol–water partition coefficient (Wildman–Crippen LogP) is 6.16. The molecule has 0 amide bonds. The van der Waals surface area contributed by atoms with Crippen molar-refractivity contribution < 1.29 is 4.74 Å². The summed E-state index contributed by atoms with van der Waals surface area (Å²) >= 11 is 17.3. The van der Waals surface area contributed by atoms with Gasteiger partial charge in [0.15, 0.2) is 0 Å². The van der Waals surface area contributed by atoms with Crippen LogP contribution in [0.3, 0.4) is 0 Å². The minimum Gasteiger partial charge on any atom is -0.496 e. The molecule has 1 atom stereocenters. The summed E-state index contributed by atoms with van der Waals surface area (Å²) in [5.74, 6) is 0.929. The first-order valence-corrected chi connectivity index (χ1v) is 8.16. The summed E-state index contributed by atoms with van der Waals surface area (Å²) < 4.78 is 6.80. The molecule has 102 valence electrons. The monoisotopic (exact) mass is 378 g/mol. The topological polar surface area (TPSA) is 9.23 Å². The molecule has 0 aliphatic carbocycles. The molecule has 0 spiro atoms. The number of methoxy groups -OCH3 is 1. The minimum atomic E-state index is 0.0343. The summed E-state index contributed by atoms with van der Waals surface area (Å²) in [5, 5.41) is 0. The number of benzene rings is 1. The molecule has 1 aromatic carbocycles. The molecule has 0 radical (unpaired) electrons. The second-order valence-electron chi connectivity index (χ2n) is 4.33. The summed E-state index contributed by atoms with van der Waals surface area (Å²) in [4.78, 5) is 0.0343. The van der Waals surface area contributed by atoms with Gasteiger partial charge in [-0.05, 0) is 36.6 Å². The average Bonchev–Trinajstić information content (AvgIpc) is 2.67. The van der Waals surface area contributed by atoms with E-state index in [1.165, 1.54) is 11.3 Å². The van der Waals surface area contributed by atoms with Gasteiger partial charge in [-0.1, -0.05) is 51.3 Å². The van der Waals surface area contributed by atoms with Gasteiger partial charge in [0.2, 0.25) is 0 Å². The highest BCUT2D eigenvalue weighted by molar-refractivity contribution is 9.09. The van der Waals surface area contributed by atoms with E-state index in [0.717, 1.165) is 32.3 Å². The van der Waals surface area contributed by atoms with Crippen molar-refractivity contribution >= 4 is 50.5 Å². The molecule has 5 heteroatoms. The summed E-state index contributed by atoms with van der Waals surface area (Å²) in [6, 6.07) is 6.11. The summed E-state index contributed by atoms with van der Waals surface area (Å²) in [5.41, 5.74) is 4.37. The number of halogens is 3. The lowest BCUT2D eigenvalue weighted by atomic mass is 10.0. The molecule has 1 nitrogen and oxygen atoms in total. The molecule has 0 saturated carbocycles. The average molecular weight is 380 g/mol. The molecule has 0 N–H and O–H groups in total. The number of ether oxygens (including phenoxy) is 1. The predicted molar refractivity (Wildman–Crippen MR) is 87.6 cm³/mol. The van der Waals surface area contributed by atoms with Crippen molar-refractivity contribution in [3.05, 3.63) is 49.1 Å². The van der Waals surface area contributed by atoms with Crippen LogP contribution in [0.15, 0.2) is 18.2 Å². The maximum Gasteiger partial charge on any atom is 0.124 e. The Morgan fingerprint density at radius 3 is 2.16 bits per heavy atom. The fourth-order valence-corrected chi connectivity index (χ4v) is 4.60. The zero-order valence-corrected chi connectivity index (χ0v) is 14.7. The van der Waals surface area contributed by atoms with Gasteiger partial charge in [0, 0.05) is 5.56 Å². The fourth-order valence-electron chi connectivity index (χ4n) is 2.16. The summed E-state index contributed by atoms with van der Waals surface area (Å²) in [7, 11) is 1.69. The van der Waals surface area contributed by atoms with Gasteiger partial charge in [0.25, 0.3) is 0 Å². The van der Waals surface area contributed by atoms with Crippen molar-refractivity contribution in [2.24, 2.45) is 0 Å². The molecule has 1 unspecified atom stereocenters. The van der Waals surface area contributed by atoms with Gasteiger partial charge in [-0.15, -0.1) is 11.3 Å². The van der Waals surface area contributed by atoms with E-state index >= 15 is 0 Å². The van der Waals surface area contributed by atoms with Gasteiger partial charge in [-0.3, -0.25) is 0 Å². The molecular formula is C14H13BrCl2OS. The Hall–Kier alpha value is -0.220. The Morgan fingerprint density at radius 1 is 1.16 bits per heavy atom. The van der Waals surface area contributed by atoms with E-state index in [1.54, 1.807) is 7.11 Å². The van der Waals surface area contributed by atoms with Crippen LogP contribution in [0.25, 0.3) is 0 Å². The van der Waals surface area contributed by atoms with Crippen molar-refractivity contribution in [1.82, 2.24) is 0 Å². The molecule has 2 rings (SSSR count). The number of alkyl halides is 1. The molecule has 0 aliphatic heterocycles. The second kappa shape index (κ2) is 6.04. The quantitative estimate of drug-likeness (QED) is 0.579. The molecule has 0 bridgehead atoms. The first kappa shape index (κ1) is 15.2. The van der Waals surface area contributed by atoms with E-state index in [4.69, 9.17) is 27.9 Å². The van der Waals surface area contributed by atoms with Crippen molar-refractivity contribution in [1.29, 1.82) is 0 Å². The van der Waals surface area contributed by atoms with Crippen LogP contribution in [0.1, 0.15) is 27.1 Å². The molecule has 0 fully saturated rings. The summed E-state index contributed by atoms with van der Waals surface area (Å²) in [6.07, 6.45) is 0. The maximum absolute atomic E-state index is 6.21. The Balaban J connectivity index is 2.45. The molecule has 0 aliphatic rings. The van der Waals surface area contributed by atoms with Gasteiger partial charge in [-0.25, -0.2) is 0 Å². The number of hydrogen-bond donors (Lipinski definition) is 0. The molecule has 1 heterocycles. The largest absolute Gasteiger partial charge is 0.496 e. The van der Waals surface area contributed by atoms with E-state index in [-0.39, 0.29) is 4.83 Å². The van der Waals surface area contributed by atoms with Gasteiger partial charge in [-0.2, -0.15) is 0 Å². The van der Waals surface area contributed by atoms with Crippen LogP contribution in [-0.4, -0.2) is 7.11 Å². The lowest BCUT2D eigenvalue weighted by molar-refractivity contribution is 0.408. The van der Waals surface area contributed by atoms with Crippen LogP contribution in [0.2, 0.25) is 8.67 Å². The molecule has 2 aromatic rings. The Kier molecular flexibility index (Phi) is 4.83. The molecule has 0 saturated heterocycles. The lowest BCUT2D eigenvalue weighted by Gasteiger charge is -2.15. The van der Waals surface area contributed by atoms with Crippen molar-refractivity contribution in [2.75, 3.05) is 7.11 Å². The number of aryl methyl sites for hydroxylation is 2. The van der Waals surface area contributed by atoms with E-state index in [1.807, 2.05) is 19.9 Å². The number of rotatable bonds is 3. The van der Waals surface area contributed by atoms with Crippen LogP contribution >= 0.6 is 50.5 Å². The highest BCUT2D eigenvalue weighted by Gasteiger charge is 2.18. The van der Waals surface area contributed by atoms with E-state index in [2.05, 4.69) is 28.1 Å². The number of thiophene rings is 1. The smallest absolute Gasteiger partial charge is 0.124 e. The van der Waals surface area contributed by atoms with E-state index < -0.39 is 0 Å².